The monoisotopic (exact) mass is 345 g/mol. The summed E-state index contributed by atoms with van der Waals surface area (Å²) < 4.78 is 5.49. The van der Waals surface area contributed by atoms with Crippen LogP contribution >= 0.6 is 0 Å². The Labute approximate surface area is 145 Å². The van der Waals surface area contributed by atoms with E-state index in [-0.39, 0.29) is 23.8 Å². The summed E-state index contributed by atoms with van der Waals surface area (Å²) in [6, 6.07) is 2.64. The van der Waals surface area contributed by atoms with Gasteiger partial charge in [-0.2, -0.15) is 0 Å². The molecule has 2 aromatic rings. The van der Waals surface area contributed by atoms with Gasteiger partial charge in [0, 0.05) is 17.4 Å². The molecule has 1 heterocycles. The Morgan fingerprint density at radius 1 is 1.32 bits per heavy atom. The third-order valence-electron chi connectivity index (χ3n) is 4.85. The second-order valence-electron chi connectivity index (χ2n) is 7.14. The van der Waals surface area contributed by atoms with Gasteiger partial charge in [-0.15, -0.1) is 0 Å². The molecular weight excluding hydrogens is 322 g/mol. The zero-order valence-corrected chi connectivity index (χ0v) is 14.5. The lowest BCUT2D eigenvalue weighted by molar-refractivity contribution is -0.699. The molecule has 1 unspecified atom stereocenters. The quantitative estimate of drug-likeness (QED) is 0.728. The third-order valence-corrected chi connectivity index (χ3v) is 4.85. The molecule has 1 aromatic carbocycles. The van der Waals surface area contributed by atoms with Crippen LogP contribution in [0.25, 0.3) is 11.0 Å². The van der Waals surface area contributed by atoms with Crippen LogP contribution in [0.15, 0.2) is 21.3 Å². The first-order valence-corrected chi connectivity index (χ1v) is 8.72. The molecule has 6 nitrogen and oxygen atoms in total. The van der Waals surface area contributed by atoms with E-state index in [9.17, 15) is 19.8 Å². The first-order chi connectivity index (χ1) is 11.9. The molecule has 25 heavy (non-hydrogen) atoms. The molecule has 3 N–H and O–H groups in total. The predicted octanol–water partition coefficient (Wildman–Crippen LogP) is 0.215. The second kappa shape index (κ2) is 6.88. The van der Waals surface area contributed by atoms with Gasteiger partial charge in [0.2, 0.25) is 0 Å². The van der Waals surface area contributed by atoms with Crippen LogP contribution in [0.3, 0.4) is 0 Å². The van der Waals surface area contributed by atoms with Crippen molar-refractivity contribution < 1.29 is 24.7 Å². The number of carbonyl (C=O) groups is 1. The number of nitrogens with two attached hydrogens (primary N) is 1. The molecule has 0 radical (unpaired) electrons. The van der Waals surface area contributed by atoms with E-state index in [0.29, 0.717) is 17.6 Å². The van der Waals surface area contributed by atoms with Crippen molar-refractivity contribution in [3.05, 3.63) is 39.2 Å². The minimum absolute atomic E-state index is 0.00601. The maximum Gasteiger partial charge on any atom is 0.339 e. The zero-order chi connectivity index (χ0) is 18.1. The van der Waals surface area contributed by atoms with E-state index in [2.05, 4.69) is 0 Å². The van der Waals surface area contributed by atoms with E-state index < -0.39 is 12.0 Å². The molecule has 1 aromatic heterocycles. The van der Waals surface area contributed by atoms with E-state index in [1.165, 1.54) is 0 Å². The van der Waals surface area contributed by atoms with E-state index in [1.54, 1.807) is 17.4 Å². The van der Waals surface area contributed by atoms with Crippen molar-refractivity contribution in [2.45, 2.75) is 52.1 Å². The number of rotatable bonds is 6. The van der Waals surface area contributed by atoms with Gasteiger partial charge in [0.25, 0.3) is 0 Å². The number of quaternary nitrogens is 1. The molecule has 0 bridgehead atoms. The Morgan fingerprint density at radius 2 is 2.04 bits per heavy atom. The van der Waals surface area contributed by atoms with Crippen molar-refractivity contribution in [3.8, 4) is 5.75 Å². The summed E-state index contributed by atoms with van der Waals surface area (Å²) in [5.41, 5.74) is 2.18. The zero-order valence-electron chi connectivity index (χ0n) is 14.5. The molecule has 3 rings (SSSR count). The van der Waals surface area contributed by atoms with Gasteiger partial charge in [0.15, 0.2) is 5.58 Å². The van der Waals surface area contributed by atoms with Crippen LogP contribution in [0, 0.1) is 5.92 Å². The van der Waals surface area contributed by atoms with Gasteiger partial charge in [-0.3, -0.25) is 0 Å². The Bertz CT molecular complexity index is 868. The minimum Gasteiger partial charge on any atom is -0.544 e. The molecule has 6 heteroatoms. The Hall–Kier alpha value is -2.34. The summed E-state index contributed by atoms with van der Waals surface area (Å²) in [5.74, 6) is -0.913. The molecule has 0 saturated heterocycles. The Morgan fingerprint density at radius 3 is 2.72 bits per heavy atom. The van der Waals surface area contributed by atoms with Crippen LogP contribution in [0.5, 0.6) is 5.75 Å². The lowest BCUT2D eigenvalue weighted by Crippen LogP contribution is -2.91. The van der Waals surface area contributed by atoms with E-state index in [4.69, 9.17) is 4.42 Å². The number of aliphatic carboxylic acids is 1. The molecule has 134 valence electrons. The number of aryl methyl sites for hydroxylation is 1. The Balaban J connectivity index is 1.98. The van der Waals surface area contributed by atoms with Crippen molar-refractivity contribution in [3.63, 3.8) is 0 Å². The van der Waals surface area contributed by atoms with Crippen LogP contribution < -0.4 is 16.0 Å². The fourth-order valence-corrected chi connectivity index (χ4v) is 3.65. The SMILES string of the molecule is CC(C)CC([NH2+]Cc1c(O)ccc2c3c(c(=O)oc12)CCC3)C(=O)[O-]. The number of hydrogen-bond acceptors (Lipinski definition) is 5. The smallest absolute Gasteiger partial charge is 0.339 e. The average Bonchev–Trinajstić information content (AvgIpc) is 3.02. The molecule has 0 amide bonds. The molecule has 0 aliphatic heterocycles. The first kappa shape index (κ1) is 17.5. The number of carbonyl (C=O) groups excluding carboxylic acids is 1. The summed E-state index contributed by atoms with van der Waals surface area (Å²) in [6.45, 7) is 4.10. The highest BCUT2D eigenvalue weighted by Crippen LogP contribution is 2.32. The summed E-state index contributed by atoms with van der Waals surface area (Å²) in [5, 5.41) is 24.0. The maximum atomic E-state index is 12.2. The largest absolute Gasteiger partial charge is 0.544 e. The molecule has 1 aliphatic rings. The van der Waals surface area contributed by atoms with E-state index >= 15 is 0 Å². The van der Waals surface area contributed by atoms with Gasteiger partial charge in [0.1, 0.15) is 18.3 Å². The standard InChI is InChI=1S/C19H23NO5/c1-10(2)8-15(18(22)23)20-9-14-16(21)7-6-12-11-4-3-5-13(11)19(24)25-17(12)14/h6-7,10,15,20-21H,3-5,8-9H2,1-2H3,(H,22,23). The molecule has 1 aliphatic carbocycles. The number of carboxylic acid groups (broad SMARTS) is 1. The molecule has 0 spiro atoms. The van der Waals surface area contributed by atoms with Crippen molar-refractivity contribution in [1.29, 1.82) is 0 Å². The number of phenolic OH excluding ortho intramolecular Hbond substituents is 1. The summed E-state index contributed by atoms with van der Waals surface area (Å²) >= 11 is 0. The Kier molecular flexibility index (Phi) is 4.81. The van der Waals surface area contributed by atoms with Crippen LogP contribution in [-0.4, -0.2) is 17.1 Å². The van der Waals surface area contributed by atoms with Crippen molar-refractivity contribution >= 4 is 16.9 Å². The number of aromatic hydroxyl groups is 1. The van der Waals surface area contributed by atoms with Crippen LogP contribution in [0.1, 0.15) is 43.4 Å². The fraction of sp³-hybridized carbons (Fsp3) is 0.474. The molecule has 1 atom stereocenters. The highest BCUT2D eigenvalue weighted by Gasteiger charge is 2.23. The van der Waals surface area contributed by atoms with Crippen LogP contribution in [-0.2, 0) is 24.2 Å². The predicted molar refractivity (Wildman–Crippen MR) is 90.1 cm³/mol. The highest BCUT2D eigenvalue weighted by atomic mass is 16.4. The third kappa shape index (κ3) is 3.39. The van der Waals surface area contributed by atoms with Gasteiger partial charge in [-0.05, 0) is 42.9 Å². The topological polar surface area (TPSA) is 107 Å². The number of carboxylic acids is 1. The van der Waals surface area contributed by atoms with E-state index in [0.717, 1.165) is 35.8 Å². The molecular formula is C19H23NO5. The minimum atomic E-state index is -1.13. The van der Waals surface area contributed by atoms with Crippen LogP contribution in [0.4, 0.5) is 0 Å². The van der Waals surface area contributed by atoms with Crippen molar-refractivity contribution in [2.75, 3.05) is 0 Å². The lowest BCUT2D eigenvalue weighted by atomic mass is 10.0. The average molecular weight is 345 g/mol. The number of benzene rings is 1. The van der Waals surface area contributed by atoms with Gasteiger partial charge in [-0.1, -0.05) is 13.8 Å². The van der Waals surface area contributed by atoms with E-state index in [1.807, 2.05) is 13.8 Å². The van der Waals surface area contributed by atoms with Gasteiger partial charge < -0.3 is 24.7 Å². The normalized spacial score (nSPS) is 14.8. The van der Waals surface area contributed by atoms with Crippen LogP contribution in [0.2, 0.25) is 0 Å². The second-order valence-corrected chi connectivity index (χ2v) is 7.14. The molecule has 0 saturated carbocycles. The fourth-order valence-electron chi connectivity index (χ4n) is 3.65. The maximum absolute atomic E-state index is 12.2. The van der Waals surface area contributed by atoms with Crippen molar-refractivity contribution in [2.24, 2.45) is 5.92 Å². The highest BCUT2D eigenvalue weighted by molar-refractivity contribution is 5.86. The van der Waals surface area contributed by atoms with Gasteiger partial charge >= 0.3 is 5.63 Å². The summed E-state index contributed by atoms with van der Waals surface area (Å²) in [6.07, 6.45) is 2.92. The number of fused-ring (bicyclic) bond motifs is 3. The summed E-state index contributed by atoms with van der Waals surface area (Å²) in [4.78, 5) is 23.6. The summed E-state index contributed by atoms with van der Waals surface area (Å²) in [7, 11) is 0. The van der Waals surface area contributed by atoms with Gasteiger partial charge in [0.05, 0.1) is 11.5 Å². The van der Waals surface area contributed by atoms with Crippen molar-refractivity contribution in [1.82, 2.24) is 0 Å². The lowest BCUT2D eigenvalue weighted by Gasteiger charge is -2.19. The number of phenols is 1. The first-order valence-electron chi connectivity index (χ1n) is 8.72. The van der Waals surface area contributed by atoms with Gasteiger partial charge in [-0.25, -0.2) is 4.79 Å². The number of hydrogen-bond donors (Lipinski definition) is 2. The molecule has 0 fully saturated rings.